The Balaban J connectivity index is 3.60. The van der Waals surface area contributed by atoms with E-state index in [1.54, 1.807) is 0 Å². The molecule has 0 aromatic heterocycles. The average molecular weight is 142 g/mol. The monoisotopic (exact) mass is 142 g/mol. The lowest BCUT2D eigenvalue weighted by atomic mass is 11.7. The SMILES string of the molecule is CS(=O)(=O)PCO. The van der Waals surface area contributed by atoms with Crippen molar-refractivity contribution >= 4 is 17.2 Å². The highest BCUT2D eigenvalue weighted by molar-refractivity contribution is 8.43. The smallest absolute Gasteiger partial charge is 0.163 e. The number of hydrogen-bond donors (Lipinski definition) is 1. The molecule has 0 bridgehead atoms. The van der Waals surface area contributed by atoms with E-state index in [-0.39, 0.29) is 14.1 Å². The first kappa shape index (κ1) is 7.34. The van der Waals surface area contributed by atoms with Gasteiger partial charge in [0.25, 0.3) is 0 Å². The summed E-state index contributed by atoms with van der Waals surface area (Å²) in [5.74, 6) is 0. The molecule has 0 aliphatic carbocycles. The van der Waals surface area contributed by atoms with E-state index in [0.29, 0.717) is 0 Å². The maximum atomic E-state index is 10.1. The lowest BCUT2D eigenvalue weighted by Gasteiger charge is -1.87. The Hall–Kier alpha value is 0.340. The van der Waals surface area contributed by atoms with Gasteiger partial charge < -0.3 is 5.11 Å². The molecule has 5 heteroatoms. The van der Waals surface area contributed by atoms with Crippen LogP contribution in [0.3, 0.4) is 0 Å². The summed E-state index contributed by atoms with van der Waals surface area (Å²) in [7, 11) is -3.24. The Labute approximate surface area is 44.2 Å². The molecule has 44 valence electrons. The van der Waals surface area contributed by atoms with Crippen LogP contribution in [0.2, 0.25) is 0 Å². The van der Waals surface area contributed by atoms with Crippen LogP contribution < -0.4 is 0 Å². The van der Waals surface area contributed by atoms with E-state index >= 15 is 0 Å². The Kier molecular flexibility index (Phi) is 2.73. The maximum absolute atomic E-state index is 10.1. The zero-order valence-corrected chi connectivity index (χ0v) is 5.70. The van der Waals surface area contributed by atoms with Gasteiger partial charge in [0.2, 0.25) is 0 Å². The maximum Gasteiger partial charge on any atom is 0.163 e. The topological polar surface area (TPSA) is 54.4 Å². The minimum absolute atomic E-state index is 0.251. The first-order valence-electron chi connectivity index (χ1n) is 1.62. The third-order valence-corrected chi connectivity index (χ3v) is 2.94. The predicted molar refractivity (Wildman–Crippen MR) is 30.2 cm³/mol. The summed E-state index contributed by atoms with van der Waals surface area (Å²) in [6, 6.07) is 0. The Bertz CT molecular complexity index is 126. The molecule has 0 radical (unpaired) electrons. The second kappa shape index (κ2) is 2.60. The third-order valence-electron chi connectivity index (χ3n) is 0.327. The van der Waals surface area contributed by atoms with Crippen molar-refractivity contribution in [2.24, 2.45) is 0 Å². The van der Waals surface area contributed by atoms with E-state index in [4.69, 9.17) is 5.11 Å². The summed E-state index contributed by atoms with van der Waals surface area (Å²) in [5.41, 5.74) is 0. The van der Waals surface area contributed by atoms with Gasteiger partial charge >= 0.3 is 0 Å². The molecule has 7 heavy (non-hydrogen) atoms. The molecule has 0 rings (SSSR count). The molecule has 0 fully saturated rings. The van der Waals surface area contributed by atoms with Crippen molar-refractivity contribution in [1.29, 1.82) is 0 Å². The highest BCUT2D eigenvalue weighted by atomic mass is 32.8. The van der Waals surface area contributed by atoms with Crippen molar-refractivity contribution in [2.45, 2.75) is 0 Å². The Morgan fingerprint density at radius 2 is 2.14 bits per heavy atom. The van der Waals surface area contributed by atoms with Gasteiger partial charge in [-0.05, 0) is 0 Å². The largest absolute Gasteiger partial charge is 0.391 e. The zero-order chi connectivity index (χ0) is 5.91. The summed E-state index contributed by atoms with van der Waals surface area (Å²) >= 11 is 0. The minimum Gasteiger partial charge on any atom is -0.391 e. The van der Waals surface area contributed by atoms with Crippen LogP contribution in [0, 0.1) is 0 Å². The number of rotatable bonds is 2. The second-order valence-corrected chi connectivity index (χ2v) is 6.31. The average Bonchev–Trinajstić information content (AvgIpc) is 1.30. The van der Waals surface area contributed by atoms with Gasteiger partial charge in [-0.2, -0.15) is 0 Å². The van der Waals surface area contributed by atoms with Crippen molar-refractivity contribution in [1.82, 2.24) is 0 Å². The van der Waals surface area contributed by atoms with Crippen LogP contribution in [0.5, 0.6) is 0 Å². The molecule has 0 heterocycles. The quantitative estimate of drug-likeness (QED) is 0.532. The van der Waals surface area contributed by atoms with Crippen LogP contribution in [0.4, 0.5) is 0 Å². The summed E-state index contributed by atoms with van der Waals surface area (Å²) in [6.07, 6.45) is 0.848. The van der Waals surface area contributed by atoms with Crippen LogP contribution >= 0.6 is 7.78 Å². The fourth-order valence-corrected chi connectivity index (χ4v) is 1.06. The van der Waals surface area contributed by atoms with Gasteiger partial charge in [0.15, 0.2) is 9.46 Å². The fraction of sp³-hybridized carbons (Fsp3) is 1.00. The van der Waals surface area contributed by atoms with Crippen LogP contribution in [0.1, 0.15) is 0 Å². The molecule has 0 aliphatic heterocycles. The fourth-order valence-electron chi connectivity index (χ4n) is 0.117. The van der Waals surface area contributed by atoms with Crippen molar-refractivity contribution in [3.05, 3.63) is 0 Å². The molecular formula is C2H7O3PS. The van der Waals surface area contributed by atoms with Crippen LogP contribution in [0.25, 0.3) is 0 Å². The van der Waals surface area contributed by atoms with E-state index in [9.17, 15) is 8.42 Å². The lowest BCUT2D eigenvalue weighted by Crippen LogP contribution is -1.85. The van der Waals surface area contributed by atoms with Gasteiger partial charge in [0.1, 0.15) is 0 Å². The molecule has 0 amide bonds. The molecule has 0 saturated heterocycles. The molecule has 0 spiro atoms. The molecule has 1 unspecified atom stereocenters. The molecule has 3 nitrogen and oxygen atoms in total. The number of aliphatic hydroxyl groups is 1. The van der Waals surface area contributed by atoms with Gasteiger partial charge in [-0.15, -0.1) is 0 Å². The normalized spacial score (nSPS) is 13.4. The van der Waals surface area contributed by atoms with E-state index < -0.39 is 9.46 Å². The predicted octanol–water partition coefficient (Wildman–Crippen LogP) is -0.426. The first-order chi connectivity index (χ1) is 3.06. The standard InChI is InChI=1S/C2H7O3PS/c1-7(4,5)6-2-3/h3,6H,2H2,1H3. The van der Waals surface area contributed by atoms with Crippen LogP contribution in [0.15, 0.2) is 0 Å². The summed E-state index contributed by atoms with van der Waals surface area (Å²) in [5, 5.41) is 8.04. The molecule has 1 atom stereocenters. The first-order valence-corrected chi connectivity index (χ1v) is 5.44. The zero-order valence-electron chi connectivity index (χ0n) is 3.88. The van der Waals surface area contributed by atoms with Gasteiger partial charge in [0, 0.05) is 14.0 Å². The highest BCUT2D eigenvalue weighted by Crippen LogP contribution is 2.14. The van der Waals surface area contributed by atoms with E-state index in [2.05, 4.69) is 0 Å². The van der Waals surface area contributed by atoms with Crippen molar-refractivity contribution in [3.63, 3.8) is 0 Å². The van der Waals surface area contributed by atoms with Crippen LogP contribution in [-0.2, 0) is 9.46 Å². The molecular weight excluding hydrogens is 135 g/mol. The van der Waals surface area contributed by atoms with Crippen LogP contribution in [-0.4, -0.2) is 26.1 Å². The van der Waals surface area contributed by atoms with Crippen molar-refractivity contribution in [2.75, 3.05) is 12.6 Å². The van der Waals surface area contributed by atoms with Gasteiger partial charge in [-0.1, -0.05) is 0 Å². The third kappa shape index (κ3) is 6.34. The minimum atomic E-state index is -2.90. The van der Waals surface area contributed by atoms with Gasteiger partial charge in [0.05, 0.1) is 6.35 Å². The molecule has 0 aliphatic rings. The second-order valence-electron chi connectivity index (χ2n) is 1.07. The van der Waals surface area contributed by atoms with Crippen molar-refractivity contribution < 1.29 is 13.5 Å². The Morgan fingerprint density at radius 1 is 1.71 bits per heavy atom. The van der Waals surface area contributed by atoms with Gasteiger partial charge in [-0.3, -0.25) is 0 Å². The molecule has 0 saturated carbocycles. The van der Waals surface area contributed by atoms with Crippen molar-refractivity contribution in [3.8, 4) is 0 Å². The molecule has 0 aromatic rings. The summed E-state index contributed by atoms with van der Waals surface area (Å²) in [6.45, 7) is 0. The van der Waals surface area contributed by atoms with E-state index in [1.165, 1.54) is 0 Å². The lowest BCUT2D eigenvalue weighted by molar-refractivity contribution is 0.374. The summed E-state index contributed by atoms with van der Waals surface area (Å²) < 4.78 is 20.2. The summed E-state index contributed by atoms with van der Waals surface area (Å²) in [4.78, 5) is 0. The Morgan fingerprint density at radius 3 is 2.14 bits per heavy atom. The molecule has 1 N–H and O–H groups in total. The highest BCUT2D eigenvalue weighted by Gasteiger charge is 1.96. The van der Waals surface area contributed by atoms with Gasteiger partial charge in [-0.25, -0.2) is 8.42 Å². The molecule has 0 aromatic carbocycles. The number of aliphatic hydroxyl groups excluding tert-OH is 1. The van der Waals surface area contributed by atoms with E-state index in [1.807, 2.05) is 0 Å². The number of hydrogen-bond acceptors (Lipinski definition) is 3. The van der Waals surface area contributed by atoms with E-state index in [0.717, 1.165) is 6.26 Å².